The fourth-order valence-corrected chi connectivity index (χ4v) is 3.91. The fraction of sp³-hybridized carbons (Fsp3) is 0.0833. The molecule has 0 fully saturated rings. The highest BCUT2D eigenvalue weighted by molar-refractivity contribution is 9.09. The molecule has 0 amide bonds. The molecule has 0 radical (unpaired) electrons. The standard InChI is InChI=1S/C12H7BrClNO2S/c13-10(11-7(14)3-4-18-11)6-1-2-8-9(5-6)17-12(16)15-8/h1-5,10H,(H,15,16). The van der Waals surface area contributed by atoms with Gasteiger partial charge in [-0.1, -0.05) is 33.6 Å². The molecule has 1 aromatic carbocycles. The predicted octanol–water partition coefficient (Wildman–Crippen LogP) is 4.32. The Hall–Kier alpha value is -1.04. The van der Waals surface area contributed by atoms with Crippen LogP contribution in [0.2, 0.25) is 5.02 Å². The van der Waals surface area contributed by atoms with Gasteiger partial charge in [-0.25, -0.2) is 4.79 Å². The third kappa shape index (κ3) is 2.02. The topological polar surface area (TPSA) is 46.0 Å². The number of thiophene rings is 1. The Bertz CT molecular complexity index is 761. The molecule has 0 saturated heterocycles. The summed E-state index contributed by atoms with van der Waals surface area (Å²) in [5.74, 6) is -0.442. The van der Waals surface area contributed by atoms with Crippen LogP contribution in [-0.4, -0.2) is 4.98 Å². The second kappa shape index (κ2) is 4.57. The molecule has 3 aromatic rings. The first-order valence-electron chi connectivity index (χ1n) is 5.15. The number of hydrogen-bond acceptors (Lipinski definition) is 3. The summed E-state index contributed by atoms with van der Waals surface area (Å²) in [5, 5.41) is 2.68. The molecule has 2 heterocycles. The van der Waals surface area contributed by atoms with E-state index in [4.69, 9.17) is 16.0 Å². The van der Waals surface area contributed by atoms with Gasteiger partial charge in [0.1, 0.15) is 0 Å². The first kappa shape index (κ1) is 12.0. The van der Waals surface area contributed by atoms with Gasteiger partial charge in [0.05, 0.1) is 15.4 Å². The van der Waals surface area contributed by atoms with Crippen molar-refractivity contribution >= 4 is 50.0 Å². The maximum absolute atomic E-state index is 11.1. The van der Waals surface area contributed by atoms with Gasteiger partial charge >= 0.3 is 5.76 Å². The number of oxazole rings is 1. The summed E-state index contributed by atoms with van der Waals surface area (Å²) in [4.78, 5) is 14.7. The van der Waals surface area contributed by atoms with Crippen LogP contribution in [0, 0.1) is 0 Å². The Kier molecular flexibility index (Phi) is 3.05. The Balaban J connectivity index is 2.09. The molecule has 1 unspecified atom stereocenters. The molecule has 1 N–H and O–H groups in total. The lowest BCUT2D eigenvalue weighted by Crippen LogP contribution is -1.92. The van der Waals surface area contributed by atoms with Crippen LogP contribution in [0.3, 0.4) is 0 Å². The molecular formula is C12H7BrClNO2S. The number of rotatable bonds is 2. The molecule has 0 aliphatic rings. The van der Waals surface area contributed by atoms with Crippen molar-refractivity contribution in [1.29, 1.82) is 0 Å². The van der Waals surface area contributed by atoms with Crippen LogP contribution >= 0.6 is 38.9 Å². The number of H-pyrrole nitrogens is 1. The van der Waals surface area contributed by atoms with E-state index < -0.39 is 5.76 Å². The van der Waals surface area contributed by atoms with Crippen LogP contribution in [0.4, 0.5) is 0 Å². The first-order chi connectivity index (χ1) is 8.65. The molecule has 92 valence electrons. The molecule has 2 aromatic heterocycles. The van der Waals surface area contributed by atoms with E-state index in [1.54, 1.807) is 11.3 Å². The van der Waals surface area contributed by atoms with Crippen LogP contribution in [-0.2, 0) is 0 Å². The van der Waals surface area contributed by atoms with Gasteiger partial charge in [-0.15, -0.1) is 11.3 Å². The van der Waals surface area contributed by atoms with Crippen LogP contribution in [0.15, 0.2) is 38.9 Å². The van der Waals surface area contributed by atoms with Crippen LogP contribution in [0.25, 0.3) is 11.1 Å². The number of alkyl halides is 1. The maximum atomic E-state index is 11.1. The zero-order valence-corrected chi connectivity index (χ0v) is 12.1. The summed E-state index contributed by atoms with van der Waals surface area (Å²) < 4.78 is 5.04. The number of aromatic amines is 1. The van der Waals surface area contributed by atoms with Crippen LogP contribution < -0.4 is 5.76 Å². The zero-order chi connectivity index (χ0) is 12.7. The van der Waals surface area contributed by atoms with E-state index in [0.29, 0.717) is 11.1 Å². The van der Waals surface area contributed by atoms with Crippen molar-refractivity contribution in [2.24, 2.45) is 0 Å². The van der Waals surface area contributed by atoms with E-state index in [1.165, 1.54) is 0 Å². The number of nitrogens with one attached hydrogen (secondary N) is 1. The van der Waals surface area contributed by atoms with E-state index in [0.717, 1.165) is 15.5 Å². The lowest BCUT2D eigenvalue weighted by atomic mass is 10.1. The van der Waals surface area contributed by atoms with Crippen molar-refractivity contribution in [2.75, 3.05) is 0 Å². The average molecular weight is 345 g/mol. The van der Waals surface area contributed by atoms with Gasteiger partial charge in [-0.3, -0.25) is 4.98 Å². The maximum Gasteiger partial charge on any atom is 0.417 e. The minimum absolute atomic E-state index is 0.00500. The van der Waals surface area contributed by atoms with Gasteiger partial charge in [0.25, 0.3) is 0 Å². The monoisotopic (exact) mass is 343 g/mol. The minimum Gasteiger partial charge on any atom is -0.408 e. The molecule has 0 aliphatic heterocycles. The highest BCUT2D eigenvalue weighted by Crippen LogP contribution is 2.39. The van der Waals surface area contributed by atoms with Crippen molar-refractivity contribution < 1.29 is 4.42 Å². The molecule has 6 heteroatoms. The van der Waals surface area contributed by atoms with Gasteiger partial charge in [0.15, 0.2) is 5.58 Å². The average Bonchev–Trinajstić information content (AvgIpc) is 2.91. The van der Waals surface area contributed by atoms with Crippen molar-refractivity contribution in [2.45, 2.75) is 4.83 Å². The van der Waals surface area contributed by atoms with Crippen LogP contribution in [0.5, 0.6) is 0 Å². The van der Waals surface area contributed by atoms with Gasteiger partial charge < -0.3 is 4.42 Å². The first-order valence-corrected chi connectivity index (χ1v) is 7.32. The molecule has 3 nitrogen and oxygen atoms in total. The number of halogens is 2. The van der Waals surface area contributed by atoms with Crippen molar-refractivity contribution in [1.82, 2.24) is 4.98 Å². The van der Waals surface area contributed by atoms with E-state index >= 15 is 0 Å². The molecule has 0 bridgehead atoms. The molecule has 0 saturated carbocycles. The second-order valence-corrected chi connectivity index (χ2v) is 6.04. The quantitative estimate of drug-likeness (QED) is 0.704. The normalized spacial score (nSPS) is 13.0. The Morgan fingerprint density at radius 3 is 2.94 bits per heavy atom. The van der Waals surface area contributed by atoms with Gasteiger partial charge in [0.2, 0.25) is 0 Å². The van der Waals surface area contributed by atoms with Crippen molar-refractivity contribution in [3.63, 3.8) is 0 Å². The highest BCUT2D eigenvalue weighted by Gasteiger charge is 2.16. The van der Waals surface area contributed by atoms with Crippen molar-refractivity contribution in [3.8, 4) is 0 Å². The highest BCUT2D eigenvalue weighted by atomic mass is 79.9. The summed E-state index contributed by atoms with van der Waals surface area (Å²) in [5.41, 5.74) is 2.24. The number of fused-ring (bicyclic) bond motifs is 1. The van der Waals surface area contributed by atoms with Crippen LogP contribution in [0.1, 0.15) is 15.3 Å². The fourth-order valence-electron chi connectivity index (χ4n) is 1.76. The summed E-state index contributed by atoms with van der Waals surface area (Å²) in [6, 6.07) is 7.46. The molecule has 18 heavy (non-hydrogen) atoms. The van der Waals surface area contributed by atoms with E-state index in [1.807, 2.05) is 29.6 Å². The summed E-state index contributed by atoms with van der Waals surface area (Å²) >= 11 is 11.3. The smallest absolute Gasteiger partial charge is 0.408 e. The summed E-state index contributed by atoms with van der Waals surface area (Å²) in [7, 11) is 0. The summed E-state index contributed by atoms with van der Waals surface area (Å²) in [6.45, 7) is 0. The van der Waals surface area contributed by atoms with E-state index in [-0.39, 0.29) is 4.83 Å². The van der Waals surface area contributed by atoms with Gasteiger partial charge in [0, 0.05) is 4.88 Å². The minimum atomic E-state index is -0.442. The summed E-state index contributed by atoms with van der Waals surface area (Å²) in [6.07, 6.45) is 0. The Labute approximate surface area is 120 Å². The number of benzene rings is 1. The largest absolute Gasteiger partial charge is 0.417 e. The third-order valence-electron chi connectivity index (χ3n) is 2.61. The SMILES string of the molecule is O=c1[nH]c2ccc(C(Br)c3sccc3Cl)cc2o1. The van der Waals surface area contributed by atoms with E-state index in [2.05, 4.69) is 20.9 Å². The zero-order valence-electron chi connectivity index (χ0n) is 8.94. The molecule has 3 rings (SSSR count). The van der Waals surface area contributed by atoms with E-state index in [9.17, 15) is 4.79 Å². The number of hydrogen-bond donors (Lipinski definition) is 1. The molecular weight excluding hydrogens is 338 g/mol. The second-order valence-electron chi connectivity index (χ2n) is 3.77. The molecule has 1 atom stereocenters. The lowest BCUT2D eigenvalue weighted by Gasteiger charge is -2.08. The van der Waals surface area contributed by atoms with Gasteiger partial charge in [-0.2, -0.15) is 0 Å². The van der Waals surface area contributed by atoms with Gasteiger partial charge in [-0.05, 0) is 29.1 Å². The van der Waals surface area contributed by atoms with Crippen molar-refractivity contribution in [3.05, 3.63) is 55.7 Å². The predicted molar refractivity (Wildman–Crippen MR) is 76.9 cm³/mol. The molecule has 0 aliphatic carbocycles. The molecule has 0 spiro atoms. The lowest BCUT2D eigenvalue weighted by molar-refractivity contribution is 0.555. The number of aromatic nitrogens is 1. The Morgan fingerprint density at radius 2 is 2.22 bits per heavy atom. The third-order valence-corrected chi connectivity index (χ3v) is 5.33. The Morgan fingerprint density at radius 1 is 1.39 bits per heavy atom.